The van der Waals surface area contributed by atoms with Gasteiger partial charge >= 0.3 is 0 Å². The zero-order valence-electron chi connectivity index (χ0n) is 15.8. The van der Waals surface area contributed by atoms with Gasteiger partial charge < -0.3 is 4.98 Å². The van der Waals surface area contributed by atoms with Gasteiger partial charge in [0, 0.05) is 51.9 Å². The van der Waals surface area contributed by atoms with E-state index in [2.05, 4.69) is 9.97 Å². The quantitative estimate of drug-likeness (QED) is 0.373. The van der Waals surface area contributed by atoms with Crippen molar-refractivity contribution in [2.24, 2.45) is 0 Å². The van der Waals surface area contributed by atoms with E-state index in [9.17, 15) is 14.4 Å². The predicted octanol–water partition coefficient (Wildman–Crippen LogP) is 4.47. The van der Waals surface area contributed by atoms with Crippen molar-refractivity contribution < 1.29 is 9.59 Å². The standard InChI is InChI=1S/C23H16ClN2O3P/c24-15-3-1-2-13(10-15)17-6-7-20(28)30(23(17)29)16-11-14-4-5-18-19(27)8-9-25-22(18)21(14)26-12-16/h1-5,8-12,17H,6-7H2,(H,25,27)/t17-,30?/m0/s1. The summed E-state index contributed by atoms with van der Waals surface area (Å²) in [6.07, 6.45) is 4.06. The van der Waals surface area contributed by atoms with Gasteiger partial charge in [-0.15, -0.1) is 0 Å². The zero-order valence-corrected chi connectivity index (χ0v) is 17.4. The van der Waals surface area contributed by atoms with Gasteiger partial charge in [-0.1, -0.05) is 29.8 Å². The number of hydrogen-bond donors (Lipinski definition) is 1. The van der Waals surface area contributed by atoms with Gasteiger partial charge in [-0.05, 0) is 36.2 Å². The fourth-order valence-electron chi connectivity index (χ4n) is 4.04. The minimum atomic E-state index is -1.64. The van der Waals surface area contributed by atoms with E-state index >= 15 is 0 Å². The van der Waals surface area contributed by atoms with E-state index in [4.69, 9.17) is 11.6 Å². The van der Waals surface area contributed by atoms with Crippen LogP contribution in [0.3, 0.4) is 0 Å². The smallest absolute Gasteiger partial charge is 0.189 e. The molecule has 0 amide bonds. The van der Waals surface area contributed by atoms with E-state index in [1.165, 1.54) is 6.07 Å². The highest BCUT2D eigenvalue weighted by molar-refractivity contribution is 7.95. The van der Waals surface area contributed by atoms with E-state index in [-0.39, 0.29) is 22.4 Å². The Hall–Kier alpha value is -2.88. The number of nitrogens with one attached hydrogen (secondary N) is 1. The van der Waals surface area contributed by atoms with Crippen molar-refractivity contribution >= 4 is 57.7 Å². The van der Waals surface area contributed by atoms with Crippen molar-refractivity contribution in [3.8, 4) is 0 Å². The number of aromatic nitrogens is 2. The van der Waals surface area contributed by atoms with Crippen molar-refractivity contribution in [3.05, 3.63) is 81.7 Å². The molecule has 0 saturated carbocycles. The van der Waals surface area contributed by atoms with E-state index in [1.807, 2.05) is 24.3 Å². The maximum absolute atomic E-state index is 13.3. The third kappa shape index (κ3) is 3.15. The summed E-state index contributed by atoms with van der Waals surface area (Å²) < 4.78 is 0. The monoisotopic (exact) mass is 434 g/mol. The van der Waals surface area contributed by atoms with Crippen LogP contribution in [0.15, 0.2) is 65.7 Å². The van der Waals surface area contributed by atoms with Crippen LogP contribution in [0, 0.1) is 0 Å². The molecule has 7 heteroatoms. The topological polar surface area (TPSA) is 79.9 Å². The summed E-state index contributed by atoms with van der Waals surface area (Å²) in [4.78, 5) is 45.8. The molecule has 1 N–H and O–H groups in total. The molecule has 1 saturated heterocycles. The van der Waals surface area contributed by atoms with Crippen LogP contribution in [0.5, 0.6) is 0 Å². The Bertz CT molecular complexity index is 1400. The maximum atomic E-state index is 13.3. The Morgan fingerprint density at radius 1 is 1.07 bits per heavy atom. The summed E-state index contributed by atoms with van der Waals surface area (Å²) in [5.74, 6) is -0.337. The van der Waals surface area contributed by atoms with Gasteiger partial charge in [-0.3, -0.25) is 19.4 Å². The molecule has 1 aliphatic rings. The van der Waals surface area contributed by atoms with Crippen LogP contribution < -0.4 is 10.7 Å². The first kappa shape index (κ1) is 19.1. The predicted molar refractivity (Wildman–Crippen MR) is 120 cm³/mol. The Kier molecular flexibility index (Phi) is 4.73. The van der Waals surface area contributed by atoms with E-state index < -0.39 is 7.92 Å². The lowest BCUT2D eigenvalue weighted by atomic mass is 9.95. The summed E-state index contributed by atoms with van der Waals surface area (Å²) in [5.41, 5.74) is 1.99. The van der Waals surface area contributed by atoms with Crippen molar-refractivity contribution in [2.75, 3.05) is 0 Å². The van der Waals surface area contributed by atoms with Crippen molar-refractivity contribution in [3.63, 3.8) is 0 Å². The minimum absolute atomic E-state index is 0.0244. The fourth-order valence-corrected chi connectivity index (χ4v) is 6.41. The molecular formula is C23H16ClN2O3P. The third-order valence-electron chi connectivity index (χ3n) is 5.49. The molecule has 1 unspecified atom stereocenters. The number of halogens is 1. The van der Waals surface area contributed by atoms with Gasteiger partial charge in [-0.25, -0.2) is 0 Å². The Labute approximate surface area is 177 Å². The van der Waals surface area contributed by atoms with Crippen LogP contribution >= 0.6 is 19.5 Å². The summed E-state index contributed by atoms with van der Waals surface area (Å²) in [6.45, 7) is 0. The van der Waals surface area contributed by atoms with Gasteiger partial charge in [0.25, 0.3) is 0 Å². The molecule has 1 fully saturated rings. The van der Waals surface area contributed by atoms with Gasteiger partial charge in [-0.2, -0.15) is 0 Å². The molecule has 0 radical (unpaired) electrons. The summed E-state index contributed by atoms with van der Waals surface area (Å²) in [5, 5.41) is 2.57. The summed E-state index contributed by atoms with van der Waals surface area (Å²) in [6, 6.07) is 14.2. The molecule has 0 bridgehead atoms. The van der Waals surface area contributed by atoms with Gasteiger partial charge in [0.15, 0.2) is 16.5 Å². The molecule has 5 nitrogen and oxygen atoms in total. The SMILES string of the molecule is O=C1CC[C@@H](c2cccc(Cl)c2)C(=O)P1c1cnc2c(ccc3c(=O)cc[nH]c32)c1. The molecule has 3 heterocycles. The number of hydrogen-bond acceptors (Lipinski definition) is 4. The highest BCUT2D eigenvalue weighted by Crippen LogP contribution is 2.49. The lowest BCUT2D eigenvalue weighted by Gasteiger charge is -2.27. The zero-order chi connectivity index (χ0) is 20.8. The second-order valence-electron chi connectivity index (χ2n) is 7.31. The van der Waals surface area contributed by atoms with E-state index in [0.29, 0.717) is 39.6 Å². The first-order valence-electron chi connectivity index (χ1n) is 9.55. The number of aromatic amines is 1. The first-order chi connectivity index (χ1) is 14.5. The normalized spacial score (nSPS) is 19.5. The maximum Gasteiger partial charge on any atom is 0.189 e. The van der Waals surface area contributed by atoms with Crippen molar-refractivity contribution in [1.29, 1.82) is 0 Å². The number of carbonyl (C=O) groups excluding carboxylic acids is 2. The Morgan fingerprint density at radius 2 is 1.93 bits per heavy atom. The van der Waals surface area contributed by atoms with Gasteiger partial charge in [0.2, 0.25) is 0 Å². The number of rotatable bonds is 2. The molecule has 5 rings (SSSR count). The Morgan fingerprint density at radius 3 is 2.77 bits per heavy atom. The molecule has 0 aliphatic carbocycles. The number of benzene rings is 2. The molecule has 148 valence electrons. The molecule has 30 heavy (non-hydrogen) atoms. The second-order valence-corrected chi connectivity index (χ2v) is 9.87. The molecule has 2 aromatic carbocycles. The number of carbonyl (C=O) groups is 2. The van der Waals surface area contributed by atoms with Crippen LogP contribution in [0.2, 0.25) is 5.02 Å². The summed E-state index contributed by atoms with van der Waals surface area (Å²) in [7, 11) is -1.64. The van der Waals surface area contributed by atoms with E-state index in [1.54, 1.807) is 30.6 Å². The van der Waals surface area contributed by atoms with Crippen LogP contribution in [-0.4, -0.2) is 21.0 Å². The third-order valence-corrected chi connectivity index (χ3v) is 7.96. The van der Waals surface area contributed by atoms with Gasteiger partial charge in [0.05, 0.1) is 19.0 Å². The number of H-pyrrole nitrogens is 1. The number of pyridine rings is 2. The highest BCUT2D eigenvalue weighted by atomic mass is 35.5. The molecule has 2 aromatic heterocycles. The van der Waals surface area contributed by atoms with Crippen LogP contribution in [0.1, 0.15) is 24.3 Å². The average Bonchev–Trinajstić information content (AvgIpc) is 2.74. The molecule has 1 aliphatic heterocycles. The molecule has 4 aromatic rings. The average molecular weight is 435 g/mol. The van der Waals surface area contributed by atoms with Crippen molar-refractivity contribution in [1.82, 2.24) is 9.97 Å². The van der Waals surface area contributed by atoms with Crippen molar-refractivity contribution in [2.45, 2.75) is 18.8 Å². The lowest BCUT2D eigenvalue weighted by molar-refractivity contribution is -0.117. The van der Waals surface area contributed by atoms with Crippen LogP contribution in [0.4, 0.5) is 0 Å². The first-order valence-corrected chi connectivity index (χ1v) is 11.3. The van der Waals surface area contributed by atoms with E-state index in [0.717, 1.165) is 10.9 Å². The van der Waals surface area contributed by atoms with Crippen LogP contribution in [0.25, 0.3) is 21.8 Å². The largest absolute Gasteiger partial charge is 0.359 e. The second kappa shape index (κ2) is 7.42. The number of nitrogens with zero attached hydrogens (tertiary/aromatic N) is 1. The molecule has 0 spiro atoms. The minimum Gasteiger partial charge on any atom is -0.359 e. The highest BCUT2D eigenvalue weighted by Gasteiger charge is 2.39. The fraction of sp³-hybridized carbons (Fsp3) is 0.130. The Balaban J connectivity index is 1.59. The van der Waals surface area contributed by atoms with Crippen LogP contribution in [-0.2, 0) is 9.59 Å². The number of fused-ring (bicyclic) bond motifs is 3. The summed E-state index contributed by atoms with van der Waals surface area (Å²) >= 11 is 6.11. The molecular weight excluding hydrogens is 419 g/mol. The molecule has 2 atom stereocenters. The van der Waals surface area contributed by atoms with Gasteiger partial charge in [0.1, 0.15) is 0 Å². The lowest BCUT2D eigenvalue weighted by Crippen LogP contribution is -2.26.